The van der Waals surface area contributed by atoms with Crippen molar-refractivity contribution < 1.29 is 49.4 Å². The third-order valence-corrected chi connectivity index (χ3v) is 1.48. The Balaban J connectivity index is -0.000000180. The molecule has 0 spiro atoms. The molecule has 0 aromatic carbocycles. The van der Waals surface area contributed by atoms with Crippen LogP contribution in [0.25, 0.3) is 0 Å². The van der Waals surface area contributed by atoms with Crippen LogP contribution in [0.2, 0.25) is 0 Å². The van der Waals surface area contributed by atoms with Gasteiger partial charge in [0, 0.05) is 12.4 Å². The SMILES string of the molecule is CCCCC(=O)O.CCCCC(=O)[O-].[Na+]. The Hall–Kier alpha value is -0.0600. The third kappa shape index (κ3) is 31.5. The zero-order valence-electron chi connectivity index (χ0n) is 9.91. The van der Waals surface area contributed by atoms with E-state index < -0.39 is 11.9 Å². The van der Waals surface area contributed by atoms with Crippen molar-refractivity contribution in [2.75, 3.05) is 0 Å². The molecule has 84 valence electrons. The molecule has 0 unspecified atom stereocenters. The maximum Gasteiger partial charge on any atom is 1.00 e. The first-order valence-corrected chi connectivity index (χ1v) is 4.96. The Kier molecular flexibility index (Phi) is 22.2. The Bertz CT molecular complexity index is 142. The fourth-order valence-corrected chi connectivity index (χ4v) is 0.649. The summed E-state index contributed by atoms with van der Waals surface area (Å²) in [7, 11) is 0. The summed E-state index contributed by atoms with van der Waals surface area (Å²) in [5, 5.41) is 17.7. The Morgan fingerprint density at radius 3 is 1.60 bits per heavy atom. The van der Waals surface area contributed by atoms with E-state index in [4.69, 9.17) is 5.11 Å². The van der Waals surface area contributed by atoms with Crippen molar-refractivity contribution in [3.05, 3.63) is 0 Å². The van der Waals surface area contributed by atoms with Gasteiger partial charge in [-0.2, -0.15) is 0 Å². The largest absolute Gasteiger partial charge is 1.00 e. The van der Waals surface area contributed by atoms with Gasteiger partial charge in [-0.3, -0.25) is 4.79 Å². The van der Waals surface area contributed by atoms with Gasteiger partial charge >= 0.3 is 35.5 Å². The van der Waals surface area contributed by atoms with Crippen molar-refractivity contribution in [1.29, 1.82) is 0 Å². The van der Waals surface area contributed by atoms with Crippen molar-refractivity contribution in [1.82, 2.24) is 0 Å². The number of unbranched alkanes of at least 4 members (excludes halogenated alkanes) is 2. The second-order valence-corrected chi connectivity index (χ2v) is 2.97. The van der Waals surface area contributed by atoms with E-state index in [1.165, 1.54) is 0 Å². The van der Waals surface area contributed by atoms with Crippen LogP contribution >= 0.6 is 0 Å². The molecule has 4 nitrogen and oxygen atoms in total. The van der Waals surface area contributed by atoms with Crippen LogP contribution in [0, 0.1) is 0 Å². The van der Waals surface area contributed by atoms with E-state index in [2.05, 4.69) is 0 Å². The Morgan fingerprint density at radius 1 is 1.07 bits per heavy atom. The van der Waals surface area contributed by atoms with Crippen LogP contribution in [-0.2, 0) is 9.59 Å². The van der Waals surface area contributed by atoms with Gasteiger partial charge in [-0.05, 0) is 19.3 Å². The summed E-state index contributed by atoms with van der Waals surface area (Å²) >= 11 is 0. The van der Waals surface area contributed by atoms with Gasteiger partial charge in [0.15, 0.2) is 0 Å². The van der Waals surface area contributed by atoms with Gasteiger partial charge in [0.05, 0.1) is 0 Å². The molecule has 1 N–H and O–H groups in total. The molecule has 0 atom stereocenters. The standard InChI is InChI=1S/2C5H10O2.Na/c2*1-2-3-4-5(6)7;/h2*2-4H2,1H3,(H,6,7);/q;;+1/p-1. The van der Waals surface area contributed by atoms with Crippen LogP contribution in [-0.4, -0.2) is 17.0 Å². The molecule has 15 heavy (non-hydrogen) atoms. The topological polar surface area (TPSA) is 77.4 Å². The summed E-state index contributed by atoms with van der Waals surface area (Å²) in [5.74, 6) is -1.64. The minimum atomic E-state index is -0.943. The molecule has 0 fully saturated rings. The third-order valence-electron chi connectivity index (χ3n) is 1.48. The average molecular weight is 226 g/mol. The molecule has 0 saturated carbocycles. The summed E-state index contributed by atoms with van der Waals surface area (Å²) in [6, 6.07) is 0. The van der Waals surface area contributed by atoms with E-state index in [0.717, 1.165) is 25.7 Å². The number of carbonyl (C=O) groups is 2. The molecule has 0 bridgehead atoms. The minimum absolute atomic E-state index is 0. The van der Waals surface area contributed by atoms with Gasteiger partial charge in [-0.15, -0.1) is 0 Å². The number of rotatable bonds is 6. The molecule has 0 amide bonds. The van der Waals surface area contributed by atoms with E-state index in [-0.39, 0.29) is 36.0 Å². The molecular formula is C10H19NaO4. The number of carbonyl (C=O) groups excluding carboxylic acids is 1. The molecule has 0 heterocycles. The summed E-state index contributed by atoms with van der Waals surface area (Å²) < 4.78 is 0. The van der Waals surface area contributed by atoms with Gasteiger partial charge in [-0.25, -0.2) is 0 Å². The van der Waals surface area contributed by atoms with Crippen molar-refractivity contribution in [3.63, 3.8) is 0 Å². The van der Waals surface area contributed by atoms with Gasteiger partial charge in [0.25, 0.3) is 0 Å². The zero-order chi connectivity index (χ0) is 11.4. The monoisotopic (exact) mass is 226 g/mol. The molecule has 0 aliphatic carbocycles. The first kappa shape index (κ1) is 20.4. The Labute approximate surface area is 113 Å². The van der Waals surface area contributed by atoms with Crippen molar-refractivity contribution >= 4 is 11.9 Å². The molecule has 0 saturated heterocycles. The molecule has 0 aliphatic rings. The van der Waals surface area contributed by atoms with Gasteiger partial charge in [0.2, 0.25) is 0 Å². The molecule has 0 rings (SSSR count). The van der Waals surface area contributed by atoms with Crippen LogP contribution in [0.3, 0.4) is 0 Å². The zero-order valence-corrected chi connectivity index (χ0v) is 11.9. The summed E-state index contributed by atoms with van der Waals surface area (Å²) in [6.45, 7) is 3.92. The predicted molar refractivity (Wildman–Crippen MR) is 51.7 cm³/mol. The fourth-order valence-electron chi connectivity index (χ4n) is 0.649. The van der Waals surface area contributed by atoms with Crippen molar-refractivity contribution in [2.45, 2.75) is 52.4 Å². The number of carboxylic acid groups (broad SMARTS) is 2. The Morgan fingerprint density at radius 2 is 1.47 bits per heavy atom. The summed E-state index contributed by atoms with van der Waals surface area (Å²) in [5.41, 5.74) is 0. The maximum atomic E-state index is 9.76. The number of carboxylic acids is 2. The summed E-state index contributed by atoms with van der Waals surface area (Å²) in [4.78, 5) is 19.4. The van der Waals surface area contributed by atoms with Gasteiger partial charge in [-0.1, -0.05) is 26.7 Å². The van der Waals surface area contributed by atoms with E-state index in [9.17, 15) is 14.7 Å². The van der Waals surface area contributed by atoms with Crippen LogP contribution in [0.1, 0.15) is 52.4 Å². The molecule has 0 aromatic heterocycles. The second kappa shape index (κ2) is 16.4. The smallest absolute Gasteiger partial charge is 0.550 e. The molecule has 5 heteroatoms. The first-order chi connectivity index (χ1) is 6.54. The number of aliphatic carboxylic acids is 2. The van der Waals surface area contributed by atoms with Gasteiger partial charge < -0.3 is 15.0 Å². The van der Waals surface area contributed by atoms with E-state index in [0.29, 0.717) is 6.42 Å². The van der Waals surface area contributed by atoms with Crippen molar-refractivity contribution in [3.8, 4) is 0 Å². The van der Waals surface area contributed by atoms with Crippen molar-refractivity contribution in [2.24, 2.45) is 0 Å². The van der Waals surface area contributed by atoms with Gasteiger partial charge in [0.1, 0.15) is 0 Å². The number of hydrogen-bond acceptors (Lipinski definition) is 3. The van der Waals surface area contributed by atoms with Crippen LogP contribution in [0.5, 0.6) is 0 Å². The molecule has 0 aromatic rings. The van der Waals surface area contributed by atoms with E-state index in [1.807, 2.05) is 13.8 Å². The molecule has 0 aliphatic heterocycles. The summed E-state index contributed by atoms with van der Waals surface area (Å²) in [6.07, 6.45) is 3.95. The minimum Gasteiger partial charge on any atom is -0.550 e. The predicted octanol–water partition coefficient (Wildman–Crippen LogP) is -1.81. The average Bonchev–Trinajstić information content (AvgIpc) is 2.12. The van der Waals surface area contributed by atoms with Crippen LogP contribution in [0.4, 0.5) is 0 Å². The number of hydrogen-bond donors (Lipinski definition) is 1. The van der Waals surface area contributed by atoms with E-state index >= 15 is 0 Å². The molecule has 0 radical (unpaired) electrons. The van der Waals surface area contributed by atoms with E-state index in [1.54, 1.807) is 0 Å². The first-order valence-electron chi connectivity index (χ1n) is 4.96. The fraction of sp³-hybridized carbons (Fsp3) is 0.800. The quantitative estimate of drug-likeness (QED) is 0.542. The van der Waals surface area contributed by atoms with Crippen LogP contribution < -0.4 is 34.7 Å². The maximum absolute atomic E-state index is 9.76. The molecular weight excluding hydrogens is 207 g/mol. The normalized spacial score (nSPS) is 8.13. The second-order valence-electron chi connectivity index (χ2n) is 2.97. The van der Waals surface area contributed by atoms with Crippen LogP contribution in [0.15, 0.2) is 0 Å².